The Morgan fingerprint density at radius 1 is 0.541 bits per heavy atom. The number of hydrogen-bond acceptors (Lipinski definition) is 24. The van der Waals surface area contributed by atoms with Gasteiger partial charge < -0.3 is 92.1 Å². The number of nitrogens with zero attached hydrogens (tertiary/aromatic N) is 5. The molecule has 0 saturated heterocycles. The molecule has 6 heterocycles. The minimum Gasteiger partial charge on any atom is -0.493 e. The highest BCUT2D eigenvalue weighted by Crippen LogP contribution is 2.43. The molecule has 0 bridgehead atoms. The van der Waals surface area contributed by atoms with Gasteiger partial charge in [0.2, 0.25) is 24.5 Å². The molecule has 0 radical (unpaired) electrons. The van der Waals surface area contributed by atoms with Gasteiger partial charge in [-0.3, -0.25) is 53.2 Å². The van der Waals surface area contributed by atoms with Crippen LogP contribution in [-0.4, -0.2) is 245 Å². The van der Waals surface area contributed by atoms with Crippen LogP contribution < -0.4 is 44.4 Å². The predicted molar refractivity (Wildman–Crippen MR) is 402 cm³/mol. The second-order valence-corrected chi connectivity index (χ2v) is 26.2. The third-order valence-electron chi connectivity index (χ3n) is 18.1. The largest absolute Gasteiger partial charge is 0.493 e. The van der Waals surface area contributed by atoms with Crippen LogP contribution in [0.4, 0.5) is 17.1 Å². The summed E-state index contributed by atoms with van der Waals surface area (Å²) in [4.78, 5) is 112. The number of fused-ring (bicyclic) bond motifs is 5. The first kappa shape index (κ1) is 83.1. The van der Waals surface area contributed by atoms with Crippen LogP contribution in [0.5, 0.6) is 34.5 Å². The van der Waals surface area contributed by atoms with Crippen molar-refractivity contribution in [3.8, 4) is 34.5 Å². The maximum absolute atomic E-state index is 13.9. The fraction of sp³-hybridized carbons (Fsp3) is 0.494. The number of rotatable bonds is 46. The number of methoxy groups -OCH3 is 2. The van der Waals surface area contributed by atoms with Gasteiger partial charge in [-0.1, -0.05) is 45.9 Å². The highest BCUT2D eigenvalue weighted by Gasteiger charge is 2.36. The van der Waals surface area contributed by atoms with Gasteiger partial charge in [0.05, 0.1) is 174 Å². The fourth-order valence-electron chi connectivity index (χ4n) is 11.9. The van der Waals surface area contributed by atoms with Crippen molar-refractivity contribution in [3.63, 3.8) is 0 Å². The molecule has 0 spiro atoms. The molecule has 588 valence electrons. The van der Waals surface area contributed by atoms with E-state index in [9.17, 15) is 38.4 Å². The van der Waals surface area contributed by atoms with Crippen molar-refractivity contribution in [1.82, 2.24) is 25.3 Å². The van der Waals surface area contributed by atoms with E-state index in [1.54, 1.807) is 46.5 Å². The Bertz CT molecular complexity index is 3920. The van der Waals surface area contributed by atoms with Gasteiger partial charge in [-0.05, 0) is 77.9 Å². The molecule has 0 aliphatic carbocycles. The Morgan fingerprint density at radius 2 is 1.01 bits per heavy atom. The van der Waals surface area contributed by atoms with Crippen LogP contribution in [0.25, 0.3) is 11.1 Å². The highest BCUT2D eigenvalue weighted by molar-refractivity contribution is 6.13. The summed E-state index contributed by atoms with van der Waals surface area (Å²) in [5.74, 6) is 1.42. The molecule has 6 aliphatic rings. The van der Waals surface area contributed by atoms with Gasteiger partial charge in [0.25, 0.3) is 23.6 Å². The molecule has 7 amide bonds. The maximum atomic E-state index is 13.9. The minimum absolute atomic E-state index is 0.00943. The lowest BCUT2D eigenvalue weighted by Crippen LogP contribution is -2.43. The minimum atomic E-state index is -0.465. The Morgan fingerprint density at radius 3 is 1.49 bits per heavy atom. The number of carbonyl (C=O) groups excluding carboxylic acids is 8. The number of carbonyl (C=O) groups is 8. The molecule has 6 aliphatic heterocycles. The monoisotopic (exact) mass is 1510 g/mol. The predicted octanol–water partition coefficient (Wildman–Crippen LogP) is 7.88. The van der Waals surface area contributed by atoms with Gasteiger partial charge in [-0.25, -0.2) is 0 Å². The Kier molecular flexibility index (Phi) is 33.0. The number of ether oxygens (including phenoxy) is 14. The molecule has 1 unspecified atom stereocenters. The average molecular weight is 1510 g/mol. The zero-order valence-electron chi connectivity index (χ0n) is 63.0. The highest BCUT2D eigenvalue weighted by atomic mass is 16.7. The second-order valence-electron chi connectivity index (χ2n) is 26.2. The van der Waals surface area contributed by atoms with Crippen molar-refractivity contribution >= 4 is 87.8 Å². The van der Waals surface area contributed by atoms with Gasteiger partial charge in [0.1, 0.15) is 0 Å². The molecule has 4 aromatic carbocycles. The zero-order valence-corrected chi connectivity index (χ0v) is 63.0. The molecule has 0 aromatic heterocycles. The van der Waals surface area contributed by atoms with Crippen LogP contribution in [0.3, 0.4) is 0 Å². The second kappa shape index (κ2) is 43.3. The van der Waals surface area contributed by atoms with Crippen molar-refractivity contribution in [2.45, 2.75) is 91.3 Å². The SMILES string of the molecule is CC(=O)C(NC(=O)CCOCCOCCOCCOCCOCCOCCOCCOCCNC(=O)CCN1C(=O)C=CC1=O)C(C)C.CC[C@@H](C)C(=O)Nc1ccc(C2=CN3C(=O)c4cc(OC)c(OCCCOc5cc6c(cc5OC)C(=O)N5C=C(c7ccc8c(c7)OCO8)C[C@H]5C=N6)cc4N=C[C@@H]3C2)cc1. The quantitative estimate of drug-likeness (QED) is 0.0280. The first-order valence-corrected chi connectivity index (χ1v) is 36.8. The van der Waals surface area contributed by atoms with E-state index in [1.165, 1.54) is 33.3 Å². The number of benzene rings is 4. The molecular weight excluding hydrogens is 1410 g/mol. The summed E-state index contributed by atoms with van der Waals surface area (Å²) in [6.45, 7) is 16.8. The van der Waals surface area contributed by atoms with E-state index in [0.717, 1.165) is 39.3 Å². The summed E-state index contributed by atoms with van der Waals surface area (Å²) in [6.07, 6.45) is 12.4. The molecule has 3 N–H and O–H groups in total. The maximum Gasteiger partial charge on any atom is 0.260 e. The van der Waals surface area contributed by atoms with Crippen LogP contribution >= 0.6 is 0 Å². The van der Waals surface area contributed by atoms with Gasteiger partial charge in [0, 0.05) is 106 Å². The van der Waals surface area contributed by atoms with E-state index in [2.05, 4.69) is 16.0 Å². The first-order chi connectivity index (χ1) is 52.9. The lowest BCUT2D eigenvalue weighted by molar-refractivity contribution is -0.137. The van der Waals surface area contributed by atoms with Gasteiger partial charge in [-0.15, -0.1) is 0 Å². The molecule has 10 rings (SSSR count). The van der Waals surface area contributed by atoms with Crippen LogP contribution in [0.15, 0.2) is 101 Å². The number of hydrogen-bond donors (Lipinski definition) is 3. The number of anilines is 1. The normalized spacial score (nSPS) is 16.3. The molecular formula is C79H100N8O22. The Labute approximate surface area is 634 Å². The summed E-state index contributed by atoms with van der Waals surface area (Å²) in [5, 5.41) is 8.36. The van der Waals surface area contributed by atoms with E-state index in [1.807, 2.05) is 82.6 Å². The first-order valence-electron chi connectivity index (χ1n) is 36.8. The standard InChI is InChI=1S/C47H45N5O9.C32H55N3O13/c1-5-27(2)45(53)50-32-10-7-28(8-11-32)30-15-33-22-48-37-20-43(40(56-3)18-35(37)46(54)51(33)24-30)58-13-6-14-59-44-21-38-36(19-41(44)57-4)47(55)52-25-31(16-34(52)23-49-38)29-9-12-39-42(17-29)61-26-60-39;1-26(2)32(27(3)36)34-29(38)7-10-41-12-14-43-16-18-45-20-22-47-24-25-48-23-21-46-19-17-44-15-13-42-11-8-33-28(37)6-9-35-30(39)4-5-31(35)40/h7-12,17-25,27,33-34H,5-6,13-16,26H2,1-4H3,(H,50,53);4-5,26,32H,6-25H2,1-3H3,(H,33,37)(H,34,38)/t27-,33+,34+;/m1./s1. The molecule has 0 saturated carbocycles. The number of ketones is 1. The van der Waals surface area contributed by atoms with Crippen LogP contribution in [-0.2, 0) is 66.7 Å². The summed E-state index contributed by atoms with van der Waals surface area (Å²) < 4.78 is 78.0. The van der Waals surface area contributed by atoms with Gasteiger partial charge in [0.15, 0.2) is 40.3 Å². The number of Topliss-reactive ketones (excluding diaryl/α,β-unsaturated/α-hetero) is 1. The fourth-order valence-corrected chi connectivity index (χ4v) is 11.9. The average Bonchev–Trinajstić information content (AvgIpc) is 1.65. The Balaban J connectivity index is 0.000000260. The van der Waals surface area contributed by atoms with Crippen molar-refractivity contribution in [2.75, 3.05) is 158 Å². The molecule has 30 heteroatoms. The lowest BCUT2D eigenvalue weighted by Gasteiger charge is -2.19. The van der Waals surface area contributed by atoms with E-state index in [0.29, 0.717) is 182 Å². The van der Waals surface area contributed by atoms with Crippen molar-refractivity contribution < 1.29 is 105 Å². The van der Waals surface area contributed by atoms with Crippen LogP contribution in [0.2, 0.25) is 0 Å². The number of amides is 7. The molecule has 109 heavy (non-hydrogen) atoms. The molecule has 4 aromatic rings. The summed E-state index contributed by atoms with van der Waals surface area (Å²) in [7, 11) is 3.07. The Hall–Kier alpha value is -9.92. The molecule has 4 atom stereocenters. The molecule has 30 nitrogen and oxygen atoms in total. The third-order valence-corrected chi connectivity index (χ3v) is 18.1. The van der Waals surface area contributed by atoms with E-state index < -0.39 is 17.9 Å². The van der Waals surface area contributed by atoms with E-state index >= 15 is 0 Å². The lowest BCUT2D eigenvalue weighted by atomic mass is 10.0. The van der Waals surface area contributed by atoms with E-state index in [4.69, 9.17) is 76.3 Å². The topological polar surface area (TPSA) is 336 Å². The van der Waals surface area contributed by atoms with Crippen molar-refractivity contribution in [3.05, 3.63) is 114 Å². The smallest absolute Gasteiger partial charge is 0.260 e. The molecule has 0 fully saturated rings. The summed E-state index contributed by atoms with van der Waals surface area (Å²) in [5.41, 5.74) is 6.48. The number of aliphatic imine (C=N–C) groups is 2. The van der Waals surface area contributed by atoms with Gasteiger partial charge in [-0.2, -0.15) is 0 Å². The van der Waals surface area contributed by atoms with Crippen molar-refractivity contribution in [1.29, 1.82) is 0 Å². The number of nitrogens with one attached hydrogen (secondary N) is 3. The zero-order chi connectivity index (χ0) is 77.4. The van der Waals surface area contributed by atoms with Crippen LogP contribution in [0.1, 0.15) is 105 Å². The van der Waals surface area contributed by atoms with Gasteiger partial charge >= 0.3 is 0 Å². The number of imide groups is 1. The summed E-state index contributed by atoms with van der Waals surface area (Å²) >= 11 is 0. The van der Waals surface area contributed by atoms with Crippen molar-refractivity contribution in [2.24, 2.45) is 21.8 Å². The summed E-state index contributed by atoms with van der Waals surface area (Å²) in [6, 6.07) is 19.3. The third kappa shape index (κ3) is 24.8. The van der Waals surface area contributed by atoms with E-state index in [-0.39, 0.29) is 105 Å². The van der Waals surface area contributed by atoms with Crippen LogP contribution in [0, 0.1) is 11.8 Å².